The van der Waals surface area contributed by atoms with Crippen LogP contribution in [0.4, 0.5) is 0 Å². The van der Waals surface area contributed by atoms with Crippen molar-refractivity contribution >= 4 is 0 Å². The van der Waals surface area contributed by atoms with Gasteiger partial charge in [-0.15, -0.1) is 0 Å². The van der Waals surface area contributed by atoms with Gasteiger partial charge >= 0.3 is 0 Å². The fraction of sp³-hybridized carbons (Fsp3) is 0.286. The molecule has 0 bridgehead atoms. The first-order valence-electron chi connectivity index (χ1n) is 8.52. The average molecular weight is 336 g/mol. The van der Waals surface area contributed by atoms with Crippen LogP contribution >= 0.6 is 0 Å². The Morgan fingerprint density at radius 2 is 1.84 bits per heavy atom. The fourth-order valence-corrected chi connectivity index (χ4v) is 2.94. The molecule has 3 rings (SSSR count). The van der Waals surface area contributed by atoms with Gasteiger partial charge in [-0.05, 0) is 49.6 Å². The summed E-state index contributed by atoms with van der Waals surface area (Å²) in [5.41, 5.74) is 4.44. The molecule has 0 aliphatic heterocycles. The van der Waals surface area contributed by atoms with E-state index in [2.05, 4.69) is 19.9 Å². The molecule has 0 amide bonds. The number of hydrogen-bond donors (Lipinski definition) is 1. The molecule has 4 nitrogen and oxygen atoms in total. The first-order chi connectivity index (χ1) is 12.0. The van der Waals surface area contributed by atoms with Crippen LogP contribution in [0.25, 0.3) is 16.9 Å². The third-order valence-electron chi connectivity index (χ3n) is 4.14. The second kappa shape index (κ2) is 7.01. The van der Waals surface area contributed by atoms with Gasteiger partial charge in [0.1, 0.15) is 17.1 Å². The van der Waals surface area contributed by atoms with E-state index < -0.39 is 0 Å². The van der Waals surface area contributed by atoms with Crippen molar-refractivity contribution in [2.45, 2.75) is 27.2 Å². The Morgan fingerprint density at radius 1 is 1.12 bits per heavy atom. The van der Waals surface area contributed by atoms with E-state index in [0.717, 1.165) is 40.4 Å². The molecule has 0 fully saturated rings. The predicted molar refractivity (Wildman–Crippen MR) is 100 cm³/mol. The van der Waals surface area contributed by atoms with Gasteiger partial charge in [0.05, 0.1) is 12.8 Å². The lowest BCUT2D eigenvalue weighted by Gasteiger charge is -2.09. The highest BCUT2D eigenvalue weighted by Gasteiger charge is 2.20. The van der Waals surface area contributed by atoms with Crippen LogP contribution in [0.3, 0.4) is 0 Å². The van der Waals surface area contributed by atoms with Gasteiger partial charge in [0, 0.05) is 5.56 Å². The summed E-state index contributed by atoms with van der Waals surface area (Å²) in [6.45, 7) is 6.29. The van der Waals surface area contributed by atoms with Crippen LogP contribution in [0, 0.1) is 12.8 Å². The monoisotopic (exact) mass is 336 g/mol. The number of aromatic hydroxyl groups is 1. The second-order valence-electron chi connectivity index (χ2n) is 6.72. The van der Waals surface area contributed by atoms with Gasteiger partial charge in [0.2, 0.25) is 0 Å². The SMILES string of the molecule is COc1ccc(-n2nc(CC(C)C)c(O)c2-c2cccc(C)c2)cc1. The van der Waals surface area contributed by atoms with Crippen molar-refractivity contribution in [3.05, 3.63) is 59.8 Å². The maximum Gasteiger partial charge on any atom is 0.165 e. The Labute approximate surface area is 148 Å². The molecule has 130 valence electrons. The molecule has 0 spiro atoms. The first kappa shape index (κ1) is 17.1. The molecule has 0 unspecified atom stereocenters. The number of aryl methyl sites for hydroxylation is 1. The molecule has 3 aromatic rings. The Balaban J connectivity index is 2.18. The number of methoxy groups -OCH3 is 1. The molecule has 0 aliphatic rings. The molecule has 2 aromatic carbocycles. The third kappa shape index (κ3) is 3.53. The third-order valence-corrected chi connectivity index (χ3v) is 4.14. The number of aromatic nitrogens is 2. The standard InChI is InChI=1S/C21H24N2O2/c1-14(2)12-19-21(24)20(16-7-5-6-15(3)13-16)23(22-19)17-8-10-18(25-4)11-9-17/h5-11,13-14,24H,12H2,1-4H3. The molecule has 1 aromatic heterocycles. The molecule has 0 radical (unpaired) electrons. The summed E-state index contributed by atoms with van der Waals surface area (Å²) in [6.07, 6.45) is 0.730. The molecule has 1 N–H and O–H groups in total. The van der Waals surface area contributed by atoms with Crippen LogP contribution < -0.4 is 4.74 Å². The van der Waals surface area contributed by atoms with E-state index in [-0.39, 0.29) is 5.75 Å². The molecular formula is C21H24N2O2. The number of ether oxygens (including phenoxy) is 1. The Hall–Kier alpha value is -2.75. The zero-order valence-electron chi connectivity index (χ0n) is 15.2. The lowest BCUT2D eigenvalue weighted by atomic mass is 10.0. The Bertz CT molecular complexity index is 864. The summed E-state index contributed by atoms with van der Waals surface area (Å²) in [7, 11) is 1.65. The van der Waals surface area contributed by atoms with Gasteiger partial charge in [-0.2, -0.15) is 5.10 Å². The van der Waals surface area contributed by atoms with Crippen molar-refractivity contribution in [3.63, 3.8) is 0 Å². The lowest BCUT2D eigenvalue weighted by molar-refractivity contribution is 0.414. The highest BCUT2D eigenvalue weighted by atomic mass is 16.5. The number of rotatable bonds is 5. The van der Waals surface area contributed by atoms with Gasteiger partial charge in [-0.25, -0.2) is 4.68 Å². The Morgan fingerprint density at radius 3 is 2.44 bits per heavy atom. The zero-order chi connectivity index (χ0) is 18.0. The van der Waals surface area contributed by atoms with E-state index in [4.69, 9.17) is 9.84 Å². The molecule has 0 atom stereocenters. The number of hydrogen-bond acceptors (Lipinski definition) is 3. The minimum atomic E-state index is 0.259. The molecule has 4 heteroatoms. The van der Waals surface area contributed by atoms with Crippen LogP contribution in [0.1, 0.15) is 25.1 Å². The van der Waals surface area contributed by atoms with Crippen molar-refractivity contribution in [1.29, 1.82) is 0 Å². The van der Waals surface area contributed by atoms with E-state index in [1.54, 1.807) is 7.11 Å². The second-order valence-corrected chi connectivity index (χ2v) is 6.72. The lowest BCUT2D eigenvalue weighted by Crippen LogP contribution is -2.01. The maximum absolute atomic E-state index is 10.9. The van der Waals surface area contributed by atoms with E-state index in [1.165, 1.54) is 0 Å². The summed E-state index contributed by atoms with van der Waals surface area (Å²) in [5, 5.41) is 15.6. The molecule has 0 saturated carbocycles. The van der Waals surface area contributed by atoms with Gasteiger partial charge in [0.15, 0.2) is 5.75 Å². The largest absolute Gasteiger partial charge is 0.504 e. The molecule has 1 heterocycles. The molecule has 25 heavy (non-hydrogen) atoms. The summed E-state index contributed by atoms with van der Waals surface area (Å²) < 4.78 is 7.06. The molecular weight excluding hydrogens is 312 g/mol. The van der Waals surface area contributed by atoms with Crippen LogP contribution in [-0.4, -0.2) is 22.0 Å². The van der Waals surface area contributed by atoms with E-state index in [1.807, 2.05) is 54.1 Å². The Kier molecular flexibility index (Phi) is 4.79. The smallest absolute Gasteiger partial charge is 0.165 e. The van der Waals surface area contributed by atoms with Crippen molar-refractivity contribution in [1.82, 2.24) is 9.78 Å². The highest BCUT2D eigenvalue weighted by Crippen LogP contribution is 2.36. The predicted octanol–water partition coefficient (Wildman–Crippen LogP) is 4.76. The maximum atomic E-state index is 10.9. The van der Waals surface area contributed by atoms with Gasteiger partial charge < -0.3 is 9.84 Å². The first-order valence-corrected chi connectivity index (χ1v) is 8.52. The summed E-state index contributed by atoms with van der Waals surface area (Å²) in [5.74, 6) is 1.46. The average Bonchev–Trinajstić information content (AvgIpc) is 2.91. The van der Waals surface area contributed by atoms with Gasteiger partial charge in [0.25, 0.3) is 0 Å². The topological polar surface area (TPSA) is 47.3 Å². The number of benzene rings is 2. The van der Waals surface area contributed by atoms with Crippen LogP contribution in [0.2, 0.25) is 0 Å². The van der Waals surface area contributed by atoms with Crippen molar-refractivity contribution in [2.75, 3.05) is 7.11 Å². The highest BCUT2D eigenvalue weighted by molar-refractivity contribution is 5.70. The quantitative estimate of drug-likeness (QED) is 0.731. The van der Waals surface area contributed by atoms with Gasteiger partial charge in [-0.3, -0.25) is 0 Å². The van der Waals surface area contributed by atoms with E-state index >= 15 is 0 Å². The molecule has 0 aliphatic carbocycles. The van der Waals surface area contributed by atoms with Crippen LogP contribution in [-0.2, 0) is 6.42 Å². The van der Waals surface area contributed by atoms with Crippen molar-refractivity contribution in [2.24, 2.45) is 5.92 Å². The van der Waals surface area contributed by atoms with E-state index in [0.29, 0.717) is 5.92 Å². The van der Waals surface area contributed by atoms with Crippen molar-refractivity contribution in [3.8, 4) is 28.4 Å². The number of nitrogens with zero attached hydrogens (tertiary/aromatic N) is 2. The fourth-order valence-electron chi connectivity index (χ4n) is 2.94. The van der Waals surface area contributed by atoms with Gasteiger partial charge in [-0.1, -0.05) is 37.6 Å². The summed E-state index contributed by atoms with van der Waals surface area (Å²) in [6, 6.07) is 15.8. The molecule has 0 saturated heterocycles. The van der Waals surface area contributed by atoms with E-state index in [9.17, 15) is 5.11 Å². The van der Waals surface area contributed by atoms with Crippen molar-refractivity contribution < 1.29 is 9.84 Å². The normalized spacial score (nSPS) is 11.1. The summed E-state index contributed by atoms with van der Waals surface area (Å²) >= 11 is 0. The van der Waals surface area contributed by atoms with Crippen LogP contribution in [0.15, 0.2) is 48.5 Å². The van der Waals surface area contributed by atoms with Crippen LogP contribution in [0.5, 0.6) is 11.5 Å². The zero-order valence-corrected chi connectivity index (χ0v) is 15.2. The minimum absolute atomic E-state index is 0.259. The summed E-state index contributed by atoms with van der Waals surface area (Å²) in [4.78, 5) is 0. The minimum Gasteiger partial charge on any atom is -0.504 e.